The van der Waals surface area contributed by atoms with Gasteiger partial charge in [-0.1, -0.05) is 0 Å². The fourth-order valence-corrected chi connectivity index (χ4v) is 1.52. The van der Waals surface area contributed by atoms with Gasteiger partial charge in [-0.3, -0.25) is 9.78 Å². The Hall–Kier alpha value is -1.58. The molecule has 2 N–H and O–H groups in total. The lowest BCUT2D eigenvalue weighted by atomic mass is 10.2. The Morgan fingerprint density at radius 1 is 1.56 bits per heavy atom. The molecule has 1 fully saturated rings. The van der Waals surface area contributed by atoms with E-state index in [1.54, 1.807) is 12.3 Å². The lowest BCUT2D eigenvalue weighted by Crippen LogP contribution is -2.34. The van der Waals surface area contributed by atoms with Crippen molar-refractivity contribution in [3.8, 4) is 0 Å². The molecule has 0 bridgehead atoms. The van der Waals surface area contributed by atoms with Gasteiger partial charge in [0.1, 0.15) is 5.69 Å². The summed E-state index contributed by atoms with van der Waals surface area (Å²) in [7, 11) is 0. The van der Waals surface area contributed by atoms with E-state index in [2.05, 4.69) is 22.5 Å². The summed E-state index contributed by atoms with van der Waals surface area (Å²) in [4.78, 5) is 15.9. The summed E-state index contributed by atoms with van der Waals surface area (Å²) in [5.74, 6) is -0.0836. The van der Waals surface area contributed by atoms with Crippen LogP contribution in [0.25, 0.3) is 0 Å². The molecule has 86 valence electrons. The van der Waals surface area contributed by atoms with Crippen LogP contribution in [0.3, 0.4) is 0 Å². The first-order valence-electron chi connectivity index (χ1n) is 5.65. The van der Waals surface area contributed by atoms with Gasteiger partial charge in [0.05, 0.1) is 0 Å². The first-order chi connectivity index (χ1) is 7.63. The number of nitrogens with one attached hydrogen (secondary N) is 2. The molecule has 1 aliphatic rings. The molecule has 1 heterocycles. The van der Waals surface area contributed by atoms with Gasteiger partial charge in [0.2, 0.25) is 0 Å². The smallest absolute Gasteiger partial charge is 0.270 e. The molecule has 4 nitrogen and oxygen atoms in total. The quantitative estimate of drug-likeness (QED) is 0.811. The molecule has 1 aromatic rings. The SMILES string of the molecule is CCNc1ccnc(C(=O)NC2(C)CC2)c1. The summed E-state index contributed by atoms with van der Waals surface area (Å²) in [6.45, 7) is 4.91. The van der Waals surface area contributed by atoms with Gasteiger partial charge in [-0.05, 0) is 38.8 Å². The topological polar surface area (TPSA) is 54.0 Å². The average Bonchev–Trinajstić information content (AvgIpc) is 2.97. The van der Waals surface area contributed by atoms with Crippen molar-refractivity contribution in [3.63, 3.8) is 0 Å². The summed E-state index contributed by atoms with van der Waals surface area (Å²) in [5.41, 5.74) is 1.42. The predicted octanol–water partition coefficient (Wildman–Crippen LogP) is 1.80. The first kappa shape index (κ1) is 10.9. The standard InChI is InChI=1S/C12H17N3O/c1-3-13-9-4-7-14-10(8-9)11(16)15-12(2)5-6-12/h4,7-8H,3,5-6H2,1-2H3,(H,13,14)(H,15,16). The van der Waals surface area contributed by atoms with E-state index in [0.717, 1.165) is 25.1 Å². The molecule has 16 heavy (non-hydrogen) atoms. The van der Waals surface area contributed by atoms with E-state index in [0.29, 0.717) is 5.69 Å². The highest BCUT2D eigenvalue weighted by atomic mass is 16.2. The van der Waals surface area contributed by atoms with Crippen molar-refractivity contribution in [2.45, 2.75) is 32.2 Å². The van der Waals surface area contributed by atoms with Crippen LogP contribution in [0.2, 0.25) is 0 Å². The van der Waals surface area contributed by atoms with Crippen molar-refractivity contribution in [1.29, 1.82) is 0 Å². The summed E-state index contributed by atoms with van der Waals surface area (Å²) >= 11 is 0. The maximum Gasteiger partial charge on any atom is 0.270 e. The Kier molecular flexibility index (Phi) is 2.81. The lowest BCUT2D eigenvalue weighted by Gasteiger charge is -2.11. The van der Waals surface area contributed by atoms with Gasteiger partial charge in [0.25, 0.3) is 5.91 Å². The largest absolute Gasteiger partial charge is 0.385 e. The number of carbonyl (C=O) groups is 1. The minimum Gasteiger partial charge on any atom is -0.385 e. The van der Waals surface area contributed by atoms with Crippen LogP contribution in [0.15, 0.2) is 18.3 Å². The highest BCUT2D eigenvalue weighted by Gasteiger charge is 2.39. The lowest BCUT2D eigenvalue weighted by molar-refractivity contribution is 0.0930. The van der Waals surface area contributed by atoms with E-state index >= 15 is 0 Å². The van der Waals surface area contributed by atoms with Crippen molar-refractivity contribution in [1.82, 2.24) is 10.3 Å². The number of nitrogens with zero attached hydrogens (tertiary/aromatic N) is 1. The van der Waals surface area contributed by atoms with E-state index < -0.39 is 0 Å². The summed E-state index contributed by atoms with van der Waals surface area (Å²) < 4.78 is 0. The number of hydrogen-bond donors (Lipinski definition) is 2. The monoisotopic (exact) mass is 219 g/mol. The van der Waals surface area contributed by atoms with Crippen LogP contribution in [0.5, 0.6) is 0 Å². The molecular weight excluding hydrogens is 202 g/mol. The van der Waals surface area contributed by atoms with Gasteiger partial charge in [0.15, 0.2) is 0 Å². The molecule has 0 atom stereocenters. The minimum absolute atomic E-state index is 0.00690. The van der Waals surface area contributed by atoms with E-state index in [1.165, 1.54) is 0 Å². The number of anilines is 1. The Morgan fingerprint density at radius 3 is 2.94 bits per heavy atom. The van der Waals surface area contributed by atoms with Crippen molar-refractivity contribution in [2.24, 2.45) is 0 Å². The van der Waals surface area contributed by atoms with E-state index in [9.17, 15) is 4.79 Å². The summed E-state index contributed by atoms with van der Waals surface area (Å²) in [5, 5.41) is 6.15. The van der Waals surface area contributed by atoms with Crippen LogP contribution < -0.4 is 10.6 Å². The molecule has 0 saturated heterocycles. The third-order valence-electron chi connectivity index (χ3n) is 2.79. The number of rotatable bonds is 4. The third-order valence-corrected chi connectivity index (χ3v) is 2.79. The van der Waals surface area contributed by atoms with Crippen LogP contribution >= 0.6 is 0 Å². The molecule has 0 aliphatic heterocycles. The van der Waals surface area contributed by atoms with E-state index in [1.807, 2.05) is 13.0 Å². The maximum absolute atomic E-state index is 11.9. The summed E-state index contributed by atoms with van der Waals surface area (Å²) in [6, 6.07) is 3.64. The number of aromatic nitrogens is 1. The number of carbonyl (C=O) groups excluding carboxylic acids is 1. The Labute approximate surface area is 95.5 Å². The van der Waals surface area contributed by atoms with Crippen LogP contribution in [-0.4, -0.2) is 23.0 Å². The van der Waals surface area contributed by atoms with Gasteiger partial charge in [-0.2, -0.15) is 0 Å². The zero-order chi connectivity index (χ0) is 11.6. The van der Waals surface area contributed by atoms with E-state index in [4.69, 9.17) is 0 Å². The molecule has 0 unspecified atom stereocenters. The second-order valence-corrected chi connectivity index (χ2v) is 4.47. The molecule has 1 aliphatic carbocycles. The molecule has 1 saturated carbocycles. The van der Waals surface area contributed by atoms with Crippen LogP contribution in [0.1, 0.15) is 37.2 Å². The molecule has 0 aromatic carbocycles. The number of hydrogen-bond acceptors (Lipinski definition) is 3. The predicted molar refractivity (Wildman–Crippen MR) is 63.5 cm³/mol. The normalized spacial score (nSPS) is 16.6. The highest BCUT2D eigenvalue weighted by molar-refractivity contribution is 5.93. The summed E-state index contributed by atoms with van der Waals surface area (Å²) in [6.07, 6.45) is 3.78. The van der Waals surface area contributed by atoms with Gasteiger partial charge >= 0.3 is 0 Å². The van der Waals surface area contributed by atoms with Crippen LogP contribution in [0.4, 0.5) is 5.69 Å². The average molecular weight is 219 g/mol. The molecular formula is C12H17N3O. The first-order valence-corrected chi connectivity index (χ1v) is 5.65. The van der Waals surface area contributed by atoms with Crippen LogP contribution in [0, 0.1) is 0 Å². The number of pyridine rings is 1. The van der Waals surface area contributed by atoms with Gasteiger partial charge in [0, 0.05) is 24.0 Å². The Bertz CT molecular complexity index is 399. The fraction of sp³-hybridized carbons (Fsp3) is 0.500. The van der Waals surface area contributed by atoms with Crippen molar-refractivity contribution in [3.05, 3.63) is 24.0 Å². The Balaban J connectivity index is 2.07. The minimum atomic E-state index is -0.0836. The van der Waals surface area contributed by atoms with E-state index in [-0.39, 0.29) is 11.4 Å². The molecule has 1 amide bonds. The zero-order valence-corrected chi connectivity index (χ0v) is 9.71. The van der Waals surface area contributed by atoms with Gasteiger partial charge in [-0.15, -0.1) is 0 Å². The maximum atomic E-state index is 11.9. The van der Waals surface area contributed by atoms with Crippen molar-refractivity contribution in [2.75, 3.05) is 11.9 Å². The highest BCUT2D eigenvalue weighted by Crippen LogP contribution is 2.34. The number of amides is 1. The molecule has 1 aromatic heterocycles. The van der Waals surface area contributed by atoms with Gasteiger partial charge < -0.3 is 10.6 Å². The third kappa shape index (κ3) is 2.51. The van der Waals surface area contributed by atoms with Crippen molar-refractivity contribution >= 4 is 11.6 Å². The Morgan fingerprint density at radius 2 is 2.31 bits per heavy atom. The molecule has 0 spiro atoms. The van der Waals surface area contributed by atoms with Crippen LogP contribution in [-0.2, 0) is 0 Å². The molecule has 4 heteroatoms. The fourth-order valence-electron chi connectivity index (χ4n) is 1.52. The zero-order valence-electron chi connectivity index (χ0n) is 9.71. The molecule has 2 rings (SSSR count). The second kappa shape index (κ2) is 4.12. The van der Waals surface area contributed by atoms with Crippen molar-refractivity contribution < 1.29 is 4.79 Å². The van der Waals surface area contributed by atoms with Gasteiger partial charge in [-0.25, -0.2) is 0 Å². The second-order valence-electron chi connectivity index (χ2n) is 4.47. The molecule has 0 radical (unpaired) electrons.